The van der Waals surface area contributed by atoms with Crippen LogP contribution in [-0.4, -0.2) is 17.2 Å². The van der Waals surface area contributed by atoms with Gasteiger partial charge in [0.2, 0.25) is 0 Å². The molecule has 4 rings (SSSR count). The molecule has 0 amide bonds. The molecule has 0 saturated carbocycles. The molecule has 4 aliphatic heterocycles. The van der Waals surface area contributed by atoms with Crippen molar-refractivity contribution in [2.75, 3.05) is 6.54 Å². The van der Waals surface area contributed by atoms with Crippen molar-refractivity contribution in [2.45, 2.75) is 10.6 Å². The summed E-state index contributed by atoms with van der Waals surface area (Å²) in [5.41, 5.74) is 2.98. The van der Waals surface area contributed by atoms with Crippen LogP contribution in [-0.2, 0) is 0 Å². The Morgan fingerprint density at radius 1 is 1.60 bits per heavy atom. The zero-order valence-corrected chi connectivity index (χ0v) is 6.24. The van der Waals surface area contributed by atoms with Crippen molar-refractivity contribution in [3.63, 3.8) is 0 Å². The first-order valence-electron chi connectivity index (χ1n) is 3.51. The highest BCUT2D eigenvalue weighted by molar-refractivity contribution is 8.01. The molecule has 4 heterocycles. The average molecular weight is 152 g/mol. The van der Waals surface area contributed by atoms with Crippen LogP contribution in [0.25, 0.3) is 0 Å². The summed E-state index contributed by atoms with van der Waals surface area (Å²) >= 11 is 2.02. The van der Waals surface area contributed by atoms with E-state index in [0.717, 1.165) is 6.54 Å². The summed E-state index contributed by atoms with van der Waals surface area (Å²) < 4.78 is 0. The monoisotopic (exact) mass is 152 g/mol. The minimum Gasteiger partial charge on any atom is -0.389 e. The van der Waals surface area contributed by atoms with Crippen molar-refractivity contribution < 1.29 is 0 Å². The predicted molar refractivity (Wildman–Crippen MR) is 42.5 cm³/mol. The van der Waals surface area contributed by atoms with Crippen LogP contribution in [0.2, 0.25) is 0 Å². The zero-order chi connectivity index (χ0) is 6.55. The van der Waals surface area contributed by atoms with Gasteiger partial charge < -0.3 is 10.6 Å². The van der Waals surface area contributed by atoms with Crippen molar-refractivity contribution in [1.82, 2.24) is 10.6 Å². The second-order valence-electron chi connectivity index (χ2n) is 2.76. The molecule has 4 bridgehead atoms. The highest BCUT2D eigenvalue weighted by atomic mass is 32.2. The molecule has 2 unspecified atom stereocenters. The van der Waals surface area contributed by atoms with Crippen molar-refractivity contribution in [1.29, 1.82) is 0 Å². The van der Waals surface area contributed by atoms with Crippen LogP contribution in [0.5, 0.6) is 0 Å². The predicted octanol–water partition coefficient (Wildman–Crippen LogP) is 0.402. The lowest BCUT2D eigenvalue weighted by Crippen LogP contribution is -2.33. The maximum atomic E-state index is 3.41. The van der Waals surface area contributed by atoms with Gasteiger partial charge in [0.25, 0.3) is 0 Å². The number of hydrogen-bond acceptors (Lipinski definition) is 3. The van der Waals surface area contributed by atoms with Gasteiger partial charge in [-0.3, -0.25) is 0 Å². The number of nitrogens with one attached hydrogen (secondary N) is 2. The van der Waals surface area contributed by atoms with Crippen molar-refractivity contribution in [3.8, 4) is 0 Å². The summed E-state index contributed by atoms with van der Waals surface area (Å²) in [6, 6.07) is 0. The van der Waals surface area contributed by atoms with E-state index in [4.69, 9.17) is 0 Å². The molecule has 1 saturated heterocycles. The van der Waals surface area contributed by atoms with E-state index in [2.05, 4.69) is 22.9 Å². The largest absolute Gasteiger partial charge is 0.389 e. The van der Waals surface area contributed by atoms with Crippen LogP contribution in [0.4, 0.5) is 0 Å². The van der Waals surface area contributed by atoms with Crippen LogP contribution in [0.15, 0.2) is 23.5 Å². The third-order valence-electron chi connectivity index (χ3n) is 2.19. The molecule has 2 atom stereocenters. The maximum absolute atomic E-state index is 3.41. The Kier molecular flexibility index (Phi) is 0.786. The van der Waals surface area contributed by atoms with Crippen molar-refractivity contribution in [3.05, 3.63) is 23.5 Å². The van der Waals surface area contributed by atoms with Crippen LogP contribution >= 0.6 is 11.8 Å². The molecule has 10 heavy (non-hydrogen) atoms. The fourth-order valence-electron chi connectivity index (χ4n) is 1.64. The zero-order valence-electron chi connectivity index (χ0n) is 5.42. The van der Waals surface area contributed by atoms with E-state index in [1.165, 1.54) is 11.3 Å². The third-order valence-corrected chi connectivity index (χ3v) is 3.56. The second kappa shape index (κ2) is 1.53. The molecule has 0 radical (unpaired) electrons. The van der Waals surface area contributed by atoms with E-state index >= 15 is 0 Å². The molecule has 1 fully saturated rings. The Hall–Kier alpha value is -0.570. The van der Waals surface area contributed by atoms with Crippen LogP contribution in [0.3, 0.4) is 0 Å². The normalized spacial score (nSPS) is 40.0. The first kappa shape index (κ1) is 5.13. The summed E-state index contributed by atoms with van der Waals surface area (Å²) in [5.74, 6) is 0. The van der Waals surface area contributed by atoms with Gasteiger partial charge in [0.1, 0.15) is 5.37 Å². The van der Waals surface area contributed by atoms with Gasteiger partial charge >= 0.3 is 0 Å². The van der Waals surface area contributed by atoms with Gasteiger partial charge in [-0.25, -0.2) is 0 Å². The Bertz CT molecular complexity index is 244. The third kappa shape index (κ3) is 0.440. The molecule has 52 valence electrons. The van der Waals surface area contributed by atoms with Gasteiger partial charge in [0.05, 0.1) is 5.25 Å². The number of hydrogen-bond donors (Lipinski definition) is 2. The minimum absolute atomic E-state index is 0.623. The van der Waals surface area contributed by atoms with E-state index in [0.29, 0.717) is 10.6 Å². The molecule has 0 aromatic rings. The summed E-state index contributed by atoms with van der Waals surface area (Å²) in [5, 5.41) is 7.99. The summed E-state index contributed by atoms with van der Waals surface area (Å²) in [4.78, 5) is 0. The SMILES string of the molecule is C1=CC2=C3NC2SC3CN1. The first-order chi connectivity index (χ1) is 4.95. The van der Waals surface area contributed by atoms with Crippen molar-refractivity contribution in [2.24, 2.45) is 0 Å². The first-order valence-corrected chi connectivity index (χ1v) is 4.45. The second-order valence-corrected chi connectivity index (χ2v) is 4.07. The lowest BCUT2D eigenvalue weighted by atomic mass is 10.1. The molecular weight excluding hydrogens is 144 g/mol. The Morgan fingerprint density at radius 3 is 3.60 bits per heavy atom. The Labute approximate surface area is 63.8 Å². The Morgan fingerprint density at radius 2 is 2.60 bits per heavy atom. The van der Waals surface area contributed by atoms with E-state index in [9.17, 15) is 0 Å². The standard InChI is InChI=1S/C7H8N2S/c1-2-8-3-5-6-4(1)7(9-6)10-5/h1-2,5,7-9H,3H2. The quantitative estimate of drug-likeness (QED) is 0.525. The molecule has 2 nitrogen and oxygen atoms in total. The van der Waals surface area contributed by atoms with Gasteiger partial charge in [0, 0.05) is 17.8 Å². The lowest BCUT2D eigenvalue weighted by molar-refractivity contribution is 0.724. The molecule has 4 aliphatic rings. The molecule has 0 aromatic carbocycles. The maximum Gasteiger partial charge on any atom is 0.100 e. The molecular formula is C7H8N2S. The number of rotatable bonds is 0. The van der Waals surface area contributed by atoms with Crippen LogP contribution in [0, 0.1) is 0 Å². The minimum atomic E-state index is 0.623. The van der Waals surface area contributed by atoms with Crippen LogP contribution in [0.1, 0.15) is 0 Å². The highest BCUT2D eigenvalue weighted by Crippen LogP contribution is 2.45. The van der Waals surface area contributed by atoms with Crippen LogP contribution < -0.4 is 10.6 Å². The molecule has 2 N–H and O–H groups in total. The fourth-order valence-corrected chi connectivity index (χ4v) is 3.04. The van der Waals surface area contributed by atoms with Crippen molar-refractivity contribution >= 4 is 11.8 Å². The summed E-state index contributed by atoms with van der Waals surface area (Å²) in [6.45, 7) is 1.09. The van der Waals surface area contributed by atoms with Gasteiger partial charge in [-0.2, -0.15) is 0 Å². The topological polar surface area (TPSA) is 24.1 Å². The van der Waals surface area contributed by atoms with E-state index in [1.807, 2.05) is 11.8 Å². The molecule has 0 aliphatic carbocycles. The lowest BCUT2D eigenvalue weighted by Gasteiger charge is -2.21. The van der Waals surface area contributed by atoms with E-state index in [1.54, 1.807) is 0 Å². The molecule has 0 aromatic heterocycles. The highest BCUT2D eigenvalue weighted by Gasteiger charge is 2.42. The van der Waals surface area contributed by atoms with E-state index < -0.39 is 0 Å². The van der Waals surface area contributed by atoms with Gasteiger partial charge in [-0.15, -0.1) is 11.8 Å². The smallest absolute Gasteiger partial charge is 0.100 e. The molecule has 0 spiro atoms. The average Bonchev–Trinajstić information content (AvgIpc) is 2.36. The molecule has 3 heteroatoms. The van der Waals surface area contributed by atoms with Gasteiger partial charge in [0.15, 0.2) is 0 Å². The van der Waals surface area contributed by atoms with Gasteiger partial charge in [-0.05, 0) is 12.3 Å². The van der Waals surface area contributed by atoms with E-state index in [-0.39, 0.29) is 0 Å². The summed E-state index contributed by atoms with van der Waals surface area (Å²) in [7, 11) is 0. The Balaban J connectivity index is 2.10. The summed E-state index contributed by atoms with van der Waals surface area (Å²) in [6.07, 6.45) is 4.25. The number of thioether (sulfide) groups is 1. The fraction of sp³-hybridized carbons (Fsp3) is 0.429. The van der Waals surface area contributed by atoms with Gasteiger partial charge in [-0.1, -0.05) is 0 Å².